The highest BCUT2D eigenvalue weighted by molar-refractivity contribution is 7.80. The number of hydrogen-bond acceptors (Lipinski definition) is 3. The van der Waals surface area contributed by atoms with Crippen molar-refractivity contribution >= 4 is 28.6 Å². The maximum Gasteiger partial charge on any atom is 0.165 e. The molecule has 104 valence electrons. The first-order valence-corrected chi connectivity index (χ1v) is 6.12. The molecule has 3 N–H and O–H groups in total. The Morgan fingerprint density at radius 3 is 2.60 bits per heavy atom. The van der Waals surface area contributed by atoms with Crippen LogP contribution in [0.15, 0.2) is 36.4 Å². The van der Waals surface area contributed by atoms with Crippen LogP contribution in [-0.4, -0.2) is 12.1 Å². The summed E-state index contributed by atoms with van der Waals surface area (Å²) in [7, 11) is 1.38. The Morgan fingerprint density at radius 2 is 1.95 bits per heavy atom. The molecular formula is C14H12F2N2OS. The summed E-state index contributed by atoms with van der Waals surface area (Å²) in [4.78, 5) is 0.0704. The summed E-state index contributed by atoms with van der Waals surface area (Å²) in [5, 5.41) is 3.00. The minimum atomic E-state index is -0.466. The molecule has 3 nitrogen and oxygen atoms in total. The van der Waals surface area contributed by atoms with E-state index in [1.165, 1.54) is 43.5 Å². The molecular weight excluding hydrogens is 282 g/mol. The fraction of sp³-hybridized carbons (Fsp3) is 0.0714. The molecule has 2 aromatic carbocycles. The zero-order chi connectivity index (χ0) is 14.7. The molecule has 0 bridgehead atoms. The van der Waals surface area contributed by atoms with E-state index < -0.39 is 11.6 Å². The second-order valence-corrected chi connectivity index (χ2v) is 4.47. The largest absolute Gasteiger partial charge is 0.494 e. The fourth-order valence-corrected chi connectivity index (χ4v) is 1.89. The van der Waals surface area contributed by atoms with Crippen molar-refractivity contribution in [2.45, 2.75) is 0 Å². The van der Waals surface area contributed by atoms with E-state index in [1.54, 1.807) is 0 Å². The highest BCUT2D eigenvalue weighted by Crippen LogP contribution is 2.26. The molecule has 0 saturated heterocycles. The lowest BCUT2D eigenvalue weighted by atomic mass is 10.1. The van der Waals surface area contributed by atoms with Crippen molar-refractivity contribution in [2.75, 3.05) is 12.4 Å². The van der Waals surface area contributed by atoms with Crippen LogP contribution in [0.1, 0.15) is 5.56 Å². The molecule has 0 fully saturated rings. The van der Waals surface area contributed by atoms with Gasteiger partial charge in [0.05, 0.1) is 7.11 Å². The van der Waals surface area contributed by atoms with E-state index >= 15 is 0 Å². The SMILES string of the molecule is COc1cc(Nc2ccc(F)cc2C(N)=S)ccc1F. The first-order chi connectivity index (χ1) is 9.51. The number of methoxy groups -OCH3 is 1. The van der Waals surface area contributed by atoms with Crippen LogP contribution in [0.5, 0.6) is 5.75 Å². The maximum absolute atomic E-state index is 13.3. The van der Waals surface area contributed by atoms with E-state index in [1.807, 2.05) is 0 Å². The average Bonchev–Trinajstić information content (AvgIpc) is 2.42. The average molecular weight is 294 g/mol. The lowest BCUT2D eigenvalue weighted by Gasteiger charge is -2.12. The smallest absolute Gasteiger partial charge is 0.165 e. The fourth-order valence-electron chi connectivity index (χ4n) is 1.72. The minimum Gasteiger partial charge on any atom is -0.494 e. The molecule has 20 heavy (non-hydrogen) atoms. The Hall–Kier alpha value is -2.21. The topological polar surface area (TPSA) is 47.3 Å². The Morgan fingerprint density at radius 1 is 1.20 bits per heavy atom. The summed E-state index contributed by atoms with van der Waals surface area (Å²) in [5.41, 5.74) is 7.05. The van der Waals surface area contributed by atoms with Crippen LogP contribution in [0.3, 0.4) is 0 Å². The van der Waals surface area contributed by atoms with Crippen LogP contribution < -0.4 is 15.8 Å². The maximum atomic E-state index is 13.3. The van der Waals surface area contributed by atoms with Crippen molar-refractivity contribution in [3.8, 4) is 5.75 Å². The standard InChI is InChI=1S/C14H12F2N2OS/c1-19-13-7-9(3-4-11(13)16)18-12-5-2-8(15)6-10(12)14(17)20/h2-7,18H,1H3,(H2,17,20). The quantitative estimate of drug-likeness (QED) is 0.849. The predicted molar refractivity (Wildman–Crippen MR) is 78.5 cm³/mol. The van der Waals surface area contributed by atoms with Gasteiger partial charge in [0.15, 0.2) is 11.6 Å². The monoisotopic (exact) mass is 294 g/mol. The van der Waals surface area contributed by atoms with Crippen molar-refractivity contribution in [1.29, 1.82) is 0 Å². The number of rotatable bonds is 4. The number of anilines is 2. The number of ether oxygens (including phenoxy) is 1. The lowest BCUT2D eigenvalue weighted by Crippen LogP contribution is -2.12. The van der Waals surface area contributed by atoms with Gasteiger partial charge in [-0.15, -0.1) is 0 Å². The second-order valence-electron chi connectivity index (χ2n) is 4.03. The highest BCUT2D eigenvalue weighted by atomic mass is 32.1. The van der Waals surface area contributed by atoms with Crippen molar-refractivity contribution in [2.24, 2.45) is 5.73 Å². The molecule has 0 heterocycles. The Balaban J connectivity index is 2.37. The first kappa shape index (κ1) is 14.2. The molecule has 0 saturated carbocycles. The second kappa shape index (κ2) is 5.83. The highest BCUT2D eigenvalue weighted by Gasteiger charge is 2.09. The number of nitrogens with two attached hydrogens (primary N) is 1. The van der Waals surface area contributed by atoms with Crippen LogP contribution in [0.2, 0.25) is 0 Å². The Kier molecular flexibility index (Phi) is 4.14. The number of halogens is 2. The zero-order valence-corrected chi connectivity index (χ0v) is 11.4. The third kappa shape index (κ3) is 3.03. The summed E-state index contributed by atoms with van der Waals surface area (Å²) < 4.78 is 31.4. The van der Waals surface area contributed by atoms with Gasteiger partial charge in [-0.25, -0.2) is 8.78 Å². The molecule has 0 amide bonds. The molecule has 0 aromatic heterocycles. The van der Waals surface area contributed by atoms with E-state index in [0.717, 1.165) is 0 Å². The van der Waals surface area contributed by atoms with Crippen LogP contribution in [0.4, 0.5) is 20.2 Å². The molecule has 0 atom stereocenters. The van der Waals surface area contributed by atoms with Gasteiger partial charge in [-0.05, 0) is 30.3 Å². The molecule has 0 aliphatic rings. The van der Waals surface area contributed by atoms with E-state index in [0.29, 0.717) is 16.9 Å². The lowest BCUT2D eigenvalue weighted by molar-refractivity contribution is 0.387. The van der Waals surface area contributed by atoms with Gasteiger partial charge in [0.2, 0.25) is 0 Å². The van der Waals surface area contributed by atoms with Crippen LogP contribution in [-0.2, 0) is 0 Å². The van der Waals surface area contributed by atoms with Crippen LogP contribution >= 0.6 is 12.2 Å². The van der Waals surface area contributed by atoms with E-state index in [2.05, 4.69) is 5.32 Å². The van der Waals surface area contributed by atoms with Gasteiger partial charge in [-0.1, -0.05) is 12.2 Å². The summed E-state index contributed by atoms with van der Waals surface area (Å²) in [6.45, 7) is 0. The molecule has 6 heteroatoms. The molecule has 0 spiro atoms. The molecule has 0 aliphatic heterocycles. The summed E-state index contributed by atoms with van der Waals surface area (Å²) in [6.07, 6.45) is 0. The van der Waals surface area contributed by atoms with Crippen molar-refractivity contribution in [1.82, 2.24) is 0 Å². The summed E-state index contributed by atoms with van der Waals surface area (Å²) >= 11 is 4.88. The van der Waals surface area contributed by atoms with Gasteiger partial charge in [0, 0.05) is 23.0 Å². The van der Waals surface area contributed by atoms with Crippen molar-refractivity contribution in [3.05, 3.63) is 53.6 Å². The van der Waals surface area contributed by atoms with Gasteiger partial charge in [0.25, 0.3) is 0 Å². The number of nitrogens with one attached hydrogen (secondary N) is 1. The number of thiocarbonyl (C=S) groups is 1. The predicted octanol–water partition coefficient (Wildman–Crippen LogP) is 3.35. The van der Waals surface area contributed by atoms with Gasteiger partial charge < -0.3 is 15.8 Å². The molecule has 2 rings (SSSR count). The normalized spacial score (nSPS) is 10.2. The molecule has 0 unspecified atom stereocenters. The van der Waals surface area contributed by atoms with Gasteiger partial charge in [-0.3, -0.25) is 0 Å². The van der Waals surface area contributed by atoms with Gasteiger partial charge in [0.1, 0.15) is 10.8 Å². The Bertz CT molecular complexity index is 662. The van der Waals surface area contributed by atoms with Gasteiger partial charge >= 0.3 is 0 Å². The van der Waals surface area contributed by atoms with E-state index in [9.17, 15) is 8.78 Å². The third-order valence-electron chi connectivity index (χ3n) is 2.68. The summed E-state index contributed by atoms with van der Waals surface area (Å²) in [6, 6.07) is 8.33. The zero-order valence-electron chi connectivity index (χ0n) is 10.6. The third-order valence-corrected chi connectivity index (χ3v) is 2.90. The van der Waals surface area contributed by atoms with Crippen LogP contribution in [0.25, 0.3) is 0 Å². The Labute approximate surface area is 120 Å². The number of hydrogen-bond donors (Lipinski definition) is 2. The van der Waals surface area contributed by atoms with Crippen LogP contribution in [0, 0.1) is 11.6 Å². The minimum absolute atomic E-state index is 0.0704. The first-order valence-electron chi connectivity index (χ1n) is 5.71. The molecule has 0 radical (unpaired) electrons. The number of benzene rings is 2. The summed E-state index contributed by atoms with van der Waals surface area (Å²) in [5.74, 6) is -0.796. The van der Waals surface area contributed by atoms with Gasteiger partial charge in [-0.2, -0.15) is 0 Å². The van der Waals surface area contributed by atoms with Crippen molar-refractivity contribution in [3.63, 3.8) is 0 Å². The van der Waals surface area contributed by atoms with E-state index in [-0.39, 0.29) is 10.7 Å². The molecule has 2 aromatic rings. The molecule has 0 aliphatic carbocycles. The van der Waals surface area contributed by atoms with Crippen molar-refractivity contribution < 1.29 is 13.5 Å². The van der Waals surface area contributed by atoms with E-state index in [4.69, 9.17) is 22.7 Å².